The molecule has 0 radical (unpaired) electrons. The van der Waals surface area contributed by atoms with Gasteiger partial charge in [0.25, 0.3) is 0 Å². The highest BCUT2D eigenvalue weighted by atomic mass is 35.5. The third-order valence-corrected chi connectivity index (χ3v) is 4.90. The van der Waals surface area contributed by atoms with E-state index >= 15 is 0 Å². The maximum Gasteiger partial charge on any atom is 0.131 e. The third-order valence-electron chi connectivity index (χ3n) is 3.79. The molecule has 3 rings (SSSR count). The first kappa shape index (κ1) is 14.3. The highest BCUT2D eigenvalue weighted by Crippen LogP contribution is 2.39. The predicted molar refractivity (Wildman–Crippen MR) is 86.3 cm³/mol. The Morgan fingerprint density at radius 1 is 1.35 bits per heavy atom. The van der Waals surface area contributed by atoms with Crippen molar-refractivity contribution in [3.8, 4) is 0 Å². The van der Waals surface area contributed by atoms with Crippen molar-refractivity contribution < 1.29 is 0 Å². The number of hydrogen-bond donors (Lipinski definition) is 1. The predicted octanol–water partition coefficient (Wildman–Crippen LogP) is 3.57. The van der Waals surface area contributed by atoms with Crippen LogP contribution in [0.15, 0.2) is 6.07 Å². The van der Waals surface area contributed by atoms with E-state index in [1.54, 1.807) is 6.07 Å². The molecule has 1 N–H and O–H groups in total. The molecule has 0 amide bonds. The number of nitrogens with one attached hydrogen (secondary N) is 1. The van der Waals surface area contributed by atoms with Gasteiger partial charge in [-0.2, -0.15) is 8.75 Å². The van der Waals surface area contributed by atoms with Crippen molar-refractivity contribution in [2.24, 2.45) is 0 Å². The van der Waals surface area contributed by atoms with Crippen LogP contribution in [0.5, 0.6) is 0 Å². The maximum atomic E-state index is 6.46. The Morgan fingerprint density at radius 3 is 2.85 bits per heavy atom. The molecule has 20 heavy (non-hydrogen) atoms. The monoisotopic (exact) mass is 330 g/mol. The van der Waals surface area contributed by atoms with Gasteiger partial charge in [0.1, 0.15) is 11.0 Å². The first-order valence-electron chi connectivity index (χ1n) is 6.72. The number of anilines is 1. The van der Waals surface area contributed by atoms with Crippen LogP contribution in [0.1, 0.15) is 20.3 Å². The average Bonchev–Trinajstić information content (AvgIpc) is 2.88. The molecule has 1 aliphatic heterocycles. The number of fused-ring (bicyclic) bond motifs is 1. The molecule has 1 aliphatic rings. The van der Waals surface area contributed by atoms with Crippen molar-refractivity contribution in [3.05, 3.63) is 16.1 Å². The van der Waals surface area contributed by atoms with Gasteiger partial charge in [0.2, 0.25) is 0 Å². The van der Waals surface area contributed by atoms with E-state index in [4.69, 9.17) is 23.2 Å². The van der Waals surface area contributed by atoms with Gasteiger partial charge in [0.05, 0.1) is 27.5 Å². The van der Waals surface area contributed by atoms with Crippen molar-refractivity contribution in [3.63, 3.8) is 0 Å². The third kappa shape index (κ3) is 2.37. The van der Waals surface area contributed by atoms with Gasteiger partial charge in [0, 0.05) is 25.2 Å². The molecule has 2 unspecified atom stereocenters. The lowest BCUT2D eigenvalue weighted by atomic mass is 10.1. The van der Waals surface area contributed by atoms with Crippen LogP contribution in [-0.4, -0.2) is 33.9 Å². The zero-order chi connectivity index (χ0) is 14.3. The van der Waals surface area contributed by atoms with E-state index < -0.39 is 0 Å². The largest absolute Gasteiger partial charge is 0.363 e. The molecule has 0 bridgehead atoms. The standard InChI is InChI=1S/C13H16Cl2N4S/c1-3-8-5-16-7(2)6-19(8)13-10(15)4-9(14)11-12(13)18-20-17-11/h4,7-8,16H,3,5-6H2,1-2H3. The van der Waals surface area contributed by atoms with Crippen LogP contribution < -0.4 is 10.2 Å². The van der Waals surface area contributed by atoms with Crippen molar-refractivity contribution in [1.82, 2.24) is 14.1 Å². The van der Waals surface area contributed by atoms with Crippen molar-refractivity contribution in [2.45, 2.75) is 32.4 Å². The summed E-state index contributed by atoms with van der Waals surface area (Å²) in [6.07, 6.45) is 1.05. The summed E-state index contributed by atoms with van der Waals surface area (Å²) in [6, 6.07) is 2.61. The van der Waals surface area contributed by atoms with Gasteiger partial charge in [-0.25, -0.2) is 0 Å². The second-order valence-electron chi connectivity index (χ2n) is 5.17. The highest BCUT2D eigenvalue weighted by Gasteiger charge is 2.29. The number of hydrogen-bond acceptors (Lipinski definition) is 5. The molecule has 4 nitrogen and oxygen atoms in total. The van der Waals surface area contributed by atoms with Crippen LogP contribution in [0.3, 0.4) is 0 Å². The summed E-state index contributed by atoms with van der Waals surface area (Å²) in [7, 11) is 0. The first-order valence-corrected chi connectivity index (χ1v) is 8.20. The van der Waals surface area contributed by atoms with Gasteiger partial charge in [-0.05, 0) is 19.4 Å². The number of nitrogens with zero attached hydrogens (tertiary/aromatic N) is 3. The average molecular weight is 331 g/mol. The normalized spacial score (nSPS) is 23.5. The summed E-state index contributed by atoms with van der Waals surface area (Å²) < 4.78 is 8.69. The second kappa shape index (κ2) is 5.64. The molecule has 2 aromatic rings. The Bertz CT molecular complexity index is 630. The number of aromatic nitrogens is 2. The first-order chi connectivity index (χ1) is 9.61. The molecule has 1 fully saturated rings. The van der Waals surface area contributed by atoms with Gasteiger partial charge < -0.3 is 10.2 Å². The summed E-state index contributed by atoms with van der Waals surface area (Å²) in [5.41, 5.74) is 2.54. The topological polar surface area (TPSA) is 41.0 Å². The summed E-state index contributed by atoms with van der Waals surface area (Å²) in [5, 5.41) is 4.73. The molecular formula is C13H16Cl2N4S. The minimum atomic E-state index is 0.412. The van der Waals surface area contributed by atoms with E-state index in [2.05, 4.69) is 32.8 Å². The van der Waals surface area contributed by atoms with E-state index in [9.17, 15) is 0 Å². The fourth-order valence-corrected chi connectivity index (χ4v) is 3.95. The lowest BCUT2D eigenvalue weighted by molar-refractivity contribution is 0.403. The van der Waals surface area contributed by atoms with Crippen molar-refractivity contribution in [2.75, 3.05) is 18.0 Å². The molecule has 108 valence electrons. The number of halogens is 2. The molecule has 1 saturated heterocycles. The molecule has 2 atom stereocenters. The fourth-order valence-electron chi connectivity index (χ4n) is 2.73. The van der Waals surface area contributed by atoms with Crippen LogP contribution in [0.4, 0.5) is 5.69 Å². The van der Waals surface area contributed by atoms with E-state index in [0.717, 1.165) is 36.2 Å². The van der Waals surface area contributed by atoms with Gasteiger partial charge in [0.15, 0.2) is 0 Å². The zero-order valence-electron chi connectivity index (χ0n) is 11.4. The van der Waals surface area contributed by atoms with Crippen molar-refractivity contribution in [1.29, 1.82) is 0 Å². The van der Waals surface area contributed by atoms with E-state index in [-0.39, 0.29) is 0 Å². The van der Waals surface area contributed by atoms with Crippen LogP contribution in [0.2, 0.25) is 10.0 Å². The second-order valence-corrected chi connectivity index (χ2v) is 6.52. The number of benzene rings is 1. The molecule has 7 heteroatoms. The Labute approximate surface area is 132 Å². The van der Waals surface area contributed by atoms with Crippen molar-refractivity contribution >= 4 is 51.7 Å². The Kier molecular flexibility index (Phi) is 4.04. The van der Waals surface area contributed by atoms with Gasteiger partial charge in [-0.3, -0.25) is 0 Å². The lowest BCUT2D eigenvalue weighted by Crippen LogP contribution is -2.55. The molecule has 1 aromatic heterocycles. The molecular weight excluding hydrogens is 315 g/mol. The minimum Gasteiger partial charge on any atom is -0.363 e. The maximum absolute atomic E-state index is 6.46. The molecule has 1 aromatic carbocycles. The minimum absolute atomic E-state index is 0.412. The van der Waals surface area contributed by atoms with Crippen LogP contribution in [0.25, 0.3) is 11.0 Å². The van der Waals surface area contributed by atoms with Crippen LogP contribution >= 0.6 is 34.9 Å². The Morgan fingerprint density at radius 2 is 2.10 bits per heavy atom. The summed E-state index contributed by atoms with van der Waals surface area (Å²) in [5.74, 6) is 0. The molecule has 0 saturated carbocycles. The zero-order valence-corrected chi connectivity index (χ0v) is 13.7. The summed E-state index contributed by atoms with van der Waals surface area (Å²) in [6.45, 7) is 6.23. The van der Waals surface area contributed by atoms with Crippen LogP contribution in [0, 0.1) is 0 Å². The molecule has 0 spiro atoms. The van der Waals surface area contributed by atoms with Gasteiger partial charge in [-0.15, -0.1) is 0 Å². The fraction of sp³-hybridized carbons (Fsp3) is 0.538. The van der Waals surface area contributed by atoms with Gasteiger partial charge >= 0.3 is 0 Å². The Balaban J connectivity index is 2.14. The van der Waals surface area contributed by atoms with E-state index in [0.29, 0.717) is 22.1 Å². The number of rotatable bonds is 2. The van der Waals surface area contributed by atoms with Crippen LogP contribution in [-0.2, 0) is 0 Å². The molecule has 2 heterocycles. The SMILES string of the molecule is CCC1CNC(C)CN1c1c(Cl)cc(Cl)c2nsnc12. The summed E-state index contributed by atoms with van der Waals surface area (Å²) >= 11 is 13.8. The Hall–Kier alpha value is -0.620. The summed E-state index contributed by atoms with van der Waals surface area (Å²) in [4.78, 5) is 2.35. The van der Waals surface area contributed by atoms with Gasteiger partial charge in [-0.1, -0.05) is 30.1 Å². The quantitative estimate of drug-likeness (QED) is 0.913. The molecule has 0 aliphatic carbocycles. The number of piperazine rings is 1. The van der Waals surface area contributed by atoms with E-state index in [1.807, 2.05) is 0 Å². The highest BCUT2D eigenvalue weighted by molar-refractivity contribution is 7.00. The van der Waals surface area contributed by atoms with E-state index in [1.165, 1.54) is 11.7 Å². The lowest BCUT2D eigenvalue weighted by Gasteiger charge is -2.41. The smallest absolute Gasteiger partial charge is 0.131 e.